The molecule has 0 saturated carbocycles. The van der Waals surface area contributed by atoms with E-state index in [2.05, 4.69) is 5.32 Å². The molecule has 0 aliphatic carbocycles. The monoisotopic (exact) mass is 343 g/mol. The van der Waals surface area contributed by atoms with E-state index in [1.165, 1.54) is 24.3 Å². The Balaban J connectivity index is 2.06. The zero-order valence-corrected chi connectivity index (χ0v) is 13.1. The molecule has 0 aliphatic heterocycles. The number of carboxylic acid groups (broad SMARTS) is 1. The number of carbonyl (C=O) groups excluding carboxylic acids is 2. The molecule has 2 rings (SSSR count). The zero-order chi connectivity index (χ0) is 18.2. The zero-order valence-electron chi connectivity index (χ0n) is 13.1. The maximum atomic E-state index is 12.0. The van der Waals surface area contributed by atoms with Gasteiger partial charge in [0.2, 0.25) is 0 Å². The topological polar surface area (TPSA) is 122 Å². The van der Waals surface area contributed by atoms with Gasteiger partial charge in [-0.3, -0.25) is 14.9 Å². The van der Waals surface area contributed by atoms with Gasteiger partial charge in [0.1, 0.15) is 5.75 Å². The SMILES string of the molecule is O=C([O-])CC(NC(=O)COc1ccccc1)c1cccc([N+](=O)[O-])c1. The highest BCUT2D eigenvalue weighted by molar-refractivity contribution is 5.79. The second kappa shape index (κ2) is 8.44. The average molecular weight is 343 g/mol. The van der Waals surface area contributed by atoms with Crippen LogP contribution in [0.15, 0.2) is 54.6 Å². The molecule has 1 unspecified atom stereocenters. The minimum absolute atomic E-state index is 0.198. The Labute approximate surface area is 143 Å². The summed E-state index contributed by atoms with van der Waals surface area (Å²) in [5.74, 6) is -1.45. The summed E-state index contributed by atoms with van der Waals surface area (Å²) in [6.07, 6.45) is -0.516. The van der Waals surface area contributed by atoms with Gasteiger partial charge >= 0.3 is 0 Å². The van der Waals surface area contributed by atoms with Gasteiger partial charge in [0.15, 0.2) is 6.61 Å². The van der Waals surface area contributed by atoms with E-state index in [0.717, 1.165) is 0 Å². The molecule has 2 aromatic carbocycles. The van der Waals surface area contributed by atoms with E-state index in [4.69, 9.17) is 4.74 Å². The number of amides is 1. The molecule has 0 bridgehead atoms. The Morgan fingerprint density at radius 2 is 1.84 bits per heavy atom. The second-order valence-corrected chi connectivity index (χ2v) is 5.15. The minimum atomic E-state index is -1.39. The molecule has 0 heterocycles. The van der Waals surface area contributed by atoms with Crippen molar-refractivity contribution in [1.82, 2.24) is 5.32 Å². The fourth-order valence-corrected chi connectivity index (χ4v) is 2.18. The molecule has 1 atom stereocenters. The van der Waals surface area contributed by atoms with Crippen molar-refractivity contribution in [3.05, 3.63) is 70.3 Å². The average Bonchev–Trinajstić information content (AvgIpc) is 2.60. The highest BCUT2D eigenvalue weighted by Crippen LogP contribution is 2.21. The molecule has 1 N–H and O–H groups in total. The van der Waals surface area contributed by atoms with Crippen LogP contribution in [0.4, 0.5) is 5.69 Å². The number of non-ortho nitro benzene ring substituents is 1. The molecular weight excluding hydrogens is 328 g/mol. The third-order valence-corrected chi connectivity index (χ3v) is 3.30. The summed E-state index contributed by atoms with van der Waals surface area (Å²) in [5.41, 5.74) is 0.0992. The molecule has 2 aromatic rings. The molecule has 130 valence electrons. The molecule has 0 radical (unpaired) electrons. The summed E-state index contributed by atoms with van der Waals surface area (Å²) in [7, 11) is 0. The molecule has 0 spiro atoms. The van der Waals surface area contributed by atoms with Gasteiger partial charge in [0.25, 0.3) is 11.6 Å². The lowest BCUT2D eigenvalue weighted by Gasteiger charge is -2.19. The Kier molecular flexibility index (Phi) is 6.05. The van der Waals surface area contributed by atoms with E-state index < -0.39 is 29.3 Å². The van der Waals surface area contributed by atoms with Crippen molar-refractivity contribution in [2.75, 3.05) is 6.61 Å². The molecule has 25 heavy (non-hydrogen) atoms. The first kappa shape index (κ1) is 17.9. The predicted octanol–water partition coefficient (Wildman–Crippen LogP) is 0.971. The smallest absolute Gasteiger partial charge is 0.269 e. The van der Waals surface area contributed by atoms with Gasteiger partial charge < -0.3 is 20.0 Å². The van der Waals surface area contributed by atoms with E-state index in [0.29, 0.717) is 11.3 Å². The van der Waals surface area contributed by atoms with E-state index in [9.17, 15) is 24.8 Å². The van der Waals surface area contributed by atoms with Crippen LogP contribution in [0.5, 0.6) is 5.75 Å². The van der Waals surface area contributed by atoms with E-state index in [1.807, 2.05) is 0 Å². The minimum Gasteiger partial charge on any atom is -0.550 e. The van der Waals surface area contributed by atoms with Gasteiger partial charge in [-0.05, 0) is 17.7 Å². The molecule has 8 nitrogen and oxygen atoms in total. The molecule has 8 heteroatoms. The second-order valence-electron chi connectivity index (χ2n) is 5.15. The number of carbonyl (C=O) groups is 2. The van der Waals surface area contributed by atoms with Crippen molar-refractivity contribution in [1.29, 1.82) is 0 Å². The van der Waals surface area contributed by atoms with E-state index >= 15 is 0 Å². The van der Waals surface area contributed by atoms with Crippen LogP contribution in [0.1, 0.15) is 18.0 Å². The highest BCUT2D eigenvalue weighted by atomic mass is 16.6. The summed E-state index contributed by atoms with van der Waals surface area (Å²) in [4.78, 5) is 33.2. The summed E-state index contributed by atoms with van der Waals surface area (Å²) in [5, 5.41) is 24.3. The van der Waals surface area contributed by atoms with Gasteiger partial charge in [-0.15, -0.1) is 0 Å². The molecule has 0 fully saturated rings. The van der Waals surface area contributed by atoms with Gasteiger partial charge in [-0.25, -0.2) is 0 Å². The van der Waals surface area contributed by atoms with Gasteiger partial charge in [-0.1, -0.05) is 30.3 Å². The molecule has 0 aromatic heterocycles. The van der Waals surface area contributed by atoms with Crippen LogP contribution in [0.2, 0.25) is 0 Å². The number of nitrogens with zero attached hydrogens (tertiary/aromatic N) is 1. The van der Waals surface area contributed by atoms with Gasteiger partial charge in [0.05, 0.1) is 11.0 Å². The number of nitrogens with one attached hydrogen (secondary N) is 1. The third kappa shape index (κ3) is 5.61. The number of ether oxygens (including phenoxy) is 1. The van der Waals surface area contributed by atoms with Gasteiger partial charge in [0, 0.05) is 24.5 Å². The van der Waals surface area contributed by atoms with Crippen molar-refractivity contribution < 1.29 is 24.4 Å². The van der Waals surface area contributed by atoms with E-state index in [1.54, 1.807) is 30.3 Å². The number of hydrogen-bond acceptors (Lipinski definition) is 6. The molecule has 1 amide bonds. The van der Waals surface area contributed by atoms with Crippen molar-refractivity contribution in [3.8, 4) is 5.75 Å². The lowest BCUT2D eigenvalue weighted by atomic mass is 10.0. The number of hydrogen-bond donors (Lipinski definition) is 1. The van der Waals surface area contributed by atoms with Gasteiger partial charge in [-0.2, -0.15) is 0 Å². The van der Waals surface area contributed by atoms with Crippen molar-refractivity contribution in [2.45, 2.75) is 12.5 Å². The molecule has 0 saturated heterocycles. The lowest BCUT2D eigenvalue weighted by Crippen LogP contribution is -2.36. The van der Waals surface area contributed by atoms with Crippen LogP contribution in [0.3, 0.4) is 0 Å². The van der Waals surface area contributed by atoms with Crippen molar-refractivity contribution in [2.24, 2.45) is 0 Å². The van der Waals surface area contributed by atoms with Crippen LogP contribution >= 0.6 is 0 Å². The quantitative estimate of drug-likeness (QED) is 0.563. The first-order chi connectivity index (χ1) is 12.0. The van der Waals surface area contributed by atoms with Crippen LogP contribution in [0, 0.1) is 10.1 Å². The fourth-order valence-electron chi connectivity index (χ4n) is 2.18. The third-order valence-electron chi connectivity index (χ3n) is 3.30. The number of nitro benzene ring substituents is 1. The molecule has 0 aliphatic rings. The Morgan fingerprint density at radius 3 is 2.48 bits per heavy atom. The first-order valence-corrected chi connectivity index (χ1v) is 7.37. The highest BCUT2D eigenvalue weighted by Gasteiger charge is 2.18. The summed E-state index contributed by atoms with van der Waals surface area (Å²) in [6.45, 7) is -0.317. The van der Waals surface area contributed by atoms with Crippen LogP contribution in [-0.4, -0.2) is 23.4 Å². The Morgan fingerprint density at radius 1 is 1.12 bits per heavy atom. The van der Waals surface area contributed by atoms with Crippen molar-refractivity contribution in [3.63, 3.8) is 0 Å². The van der Waals surface area contributed by atoms with Crippen LogP contribution in [0.25, 0.3) is 0 Å². The fraction of sp³-hybridized carbons (Fsp3) is 0.176. The number of benzene rings is 2. The standard InChI is InChI=1S/C17H16N2O6/c20-16(11-25-14-7-2-1-3-8-14)18-15(10-17(21)22)12-5-4-6-13(9-12)19(23)24/h1-9,15H,10-11H2,(H,18,20)(H,21,22)/p-1. The van der Waals surface area contributed by atoms with E-state index in [-0.39, 0.29) is 12.3 Å². The number of rotatable bonds is 8. The normalized spacial score (nSPS) is 11.4. The van der Waals surface area contributed by atoms with Crippen LogP contribution < -0.4 is 15.2 Å². The predicted molar refractivity (Wildman–Crippen MR) is 85.5 cm³/mol. The summed E-state index contributed by atoms with van der Waals surface area (Å²) >= 11 is 0. The Hall–Kier alpha value is -3.42. The number of para-hydroxylation sites is 1. The Bertz CT molecular complexity index is 763. The van der Waals surface area contributed by atoms with Crippen LogP contribution in [-0.2, 0) is 9.59 Å². The summed E-state index contributed by atoms with van der Waals surface area (Å²) < 4.78 is 5.29. The number of nitro groups is 1. The number of carboxylic acids is 1. The maximum absolute atomic E-state index is 12.0. The first-order valence-electron chi connectivity index (χ1n) is 7.37. The number of aliphatic carboxylic acids is 1. The largest absolute Gasteiger partial charge is 0.550 e. The van der Waals surface area contributed by atoms with Crippen molar-refractivity contribution >= 4 is 17.6 Å². The maximum Gasteiger partial charge on any atom is 0.269 e. The summed E-state index contributed by atoms with van der Waals surface area (Å²) in [6, 6.07) is 13.1. The lowest BCUT2D eigenvalue weighted by molar-refractivity contribution is -0.385. The molecular formula is C17H15N2O6-.